The highest BCUT2D eigenvalue weighted by Crippen LogP contribution is 2.28. The molecule has 0 atom stereocenters. The lowest BCUT2D eigenvalue weighted by atomic mass is 10.1. The highest BCUT2D eigenvalue weighted by molar-refractivity contribution is 7.13. The van der Waals surface area contributed by atoms with Gasteiger partial charge in [0.15, 0.2) is 0 Å². The fourth-order valence-electron chi connectivity index (χ4n) is 1.88. The molecule has 0 spiro atoms. The molecule has 0 saturated heterocycles. The second-order valence-electron chi connectivity index (χ2n) is 4.40. The number of methoxy groups -OCH3 is 1. The third-order valence-corrected chi connectivity index (χ3v) is 3.92. The van der Waals surface area contributed by atoms with Gasteiger partial charge in [0, 0.05) is 23.6 Å². The first-order valence-electron chi connectivity index (χ1n) is 6.43. The van der Waals surface area contributed by atoms with Crippen molar-refractivity contribution in [3.8, 4) is 27.8 Å². The second-order valence-corrected chi connectivity index (χ2v) is 5.26. The van der Waals surface area contributed by atoms with Crippen molar-refractivity contribution >= 4 is 11.3 Å². The van der Waals surface area contributed by atoms with Crippen molar-refractivity contribution in [1.29, 1.82) is 0 Å². The molecule has 0 radical (unpaired) electrons. The molecule has 2 N–H and O–H groups in total. The van der Waals surface area contributed by atoms with Crippen molar-refractivity contribution in [2.75, 3.05) is 7.11 Å². The van der Waals surface area contributed by atoms with Crippen LogP contribution in [0.2, 0.25) is 0 Å². The molecular formula is C15H14N4OS. The standard InChI is InChI=1S/C15H14N4OS/c1-20-14-7-6-12(18-19-14)15-17-13(9-21-15)11-4-2-10(8-16)3-5-11/h2-7,9H,8,16H2,1H3. The van der Waals surface area contributed by atoms with Gasteiger partial charge in [-0.15, -0.1) is 21.5 Å². The number of thiazole rings is 1. The number of nitrogens with two attached hydrogens (primary N) is 1. The Morgan fingerprint density at radius 2 is 1.86 bits per heavy atom. The van der Waals surface area contributed by atoms with Gasteiger partial charge in [-0.2, -0.15) is 0 Å². The van der Waals surface area contributed by atoms with E-state index in [1.165, 1.54) is 0 Å². The highest BCUT2D eigenvalue weighted by atomic mass is 32.1. The molecule has 2 aromatic heterocycles. The molecule has 0 aliphatic carbocycles. The Balaban J connectivity index is 1.87. The Labute approximate surface area is 126 Å². The van der Waals surface area contributed by atoms with Gasteiger partial charge in [-0.3, -0.25) is 0 Å². The molecule has 3 aromatic rings. The van der Waals surface area contributed by atoms with Gasteiger partial charge in [0.25, 0.3) is 0 Å². The van der Waals surface area contributed by atoms with Crippen LogP contribution in [0.3, 0.4) is 0 Å². The summed E-state index contributed by atoms with van der Waals surface area (Å²) in [4.78, 5) is 4.61. The van der Waals surface area contributed by atoms with Crippen molar-refractivity contribution < 1.29 is 4.74 Å². The minimum Gasteiger partial charge on any atom is -0.480 e. The third-order valence-electron chi connectivity index (χ3n) is 3.06. The Kier molecular flexibility index (Phi) is 3.89. The number of nitrogens with zero attached hydrogens (tertiary/aromatic N) is 3. The normalized spacial score (nSPS) is 10.6. The van der Waals surface area contributed by atoms with Gasteiger partial charge in [0.05, 0.1) is 12.8 Å². The predicted octanol–water partition coefficient (Wildman–Crippen LogP) is 2.73. The van der Waals surface area contributed by atoms with Crippen LogP contribution in [0.15, 0.2) is 41.8 Å². The van der Waals surface area contributed by atoms with E-state index < -0.39 is 0 Å². The van der Waals surface area contributed by atoms with Gasteiger partial charge in [0.1, 0.15) is 10.7 Å². The number of rotatable bonds is 4. The molecule has 0 saturated carbocycles. The second kappa shape index (κ2) is 5.99. The number of hydrogen-bond donors (Lipinski definition) is 1. The molecule has 0 bridgehead atoms. The van der Waals surface area contributed by atoms with E-state index in [1.54, 1.807) is 24.5 Å². The molecular weight excluding hydrogens is 284 g/mol. The maximum absolute atomic E-state index is 5.60. The first-order valence-corrected chi connectivity index (χ1v) is 7.31. The Hall–Kier alpha value is -2.31. The van der Waals surface area contributed by atoms with Gasteiger partial charge in [-0.1, -0.05) is 24.3 Å². The average Bonchev–Trinajstić information content (AvgIpc) is 3.05. The topological polar surface area (TPSA) is 73.9 Å². The molecule has 0 unspecified atom stereocenters. The van der Waals surface area contributed by atoms with Crippen molar-refractivity contribution in [2.24, 2.45) is 5.73 Å². The fraction of sp³-hybridized carbons (Fsp3) is 0.133. The maximum atomic E-state index is 5.60. The quantitative estimate of drug-likeness (QED) is 0.801. The number of ether oxygens (including phenoxy) is 1. The molecule has 21 heavy (non-hydrogen) atoms. The van der Waals surface area contributed by atoms with E-state index in [0.717, 1.165) is 27.5 Å². The molecule has 2 heterocycles. The number of hydrogen-bond acceptors (Lipinski definition) is 6. The van der Waals surface area contributed by atoms with Crippen LogP contribution in [0.1, 0.15) is 5.56 Å². The van der Waals surface area contributed by atoms with Crippen LogP contribution in [0.4, 0.5) is 0 Å². The van der Waals surface area contributed by atoms with Crippen molar-refractivity contribution in [2.45, 2.75) is 6.54 Å². The fourth-order valence-corrected chi connectivity index (χ4v) is 2.67. The van der Waals surface area contributed by atoms with E-state index >= 15 is 0 Å². The Bertz CT molecular complexity index is 660. The van der Waals surface area contributed by atoms with E-state index in [0.29, 0.717) is 12.4 Å². The Morgan fingerprint density at radius 1 is 1.05 bits per heavy atom. The summed E-state index contributed by atoms with van der Waals surface area (Å²) in [5, 5.41) is 10.9. The smallest absolute Gasteiger partial charge is 0.233 e. The van der Waals surface area contributed by atoms with Gasteiger partial charge in [0.2, 0.25) is 5.88 Å². The SMILES string of the molecule is COc1ccc(-c2nc(-c3ccc(CN)cc3)cs2)nn1. The predicted molar refractivity (Wildman–Crippen MR) is 83.0 cm³/mol. The summed E-state index contributed by atoms with van der Waals surface area (Å²) in [7, 11) is 1.57. The van der Waals surface area contributed by atoms with Gasteiger partial charge in [-0.25, -0.2) is 4.98 Å². The number of aromatic nitrogens is 3. The summed E-state index contributed by atoms with van der Waals surface area (Å²) < 4.78 is 5.00. The van der Waals surface area contributed by atoms with Gasteiger partial charge < -0.3 is 10.5 Å². The third kappa shape index (κ3) is 2.91. The monoisotopic (exact) mass is 298 g/mol. The first-order chi connectivity index (χ1) is 10.3. The van der Waals surface area contributed by atoms with E-state index in [1.807, 2.05) is 35.7 Å². The first kappa shape index (κ1) is 13.7. The molecule has 3 rings (SSSR count). The minimum absolute atomic E-state index is 0.493. The molecule has 106 valence electrons. The van der Waals surface area contributed by atoms with Crippen LogP contribution in [0.5, 0.6) is 5.88 Å². The molecule has 0 aliphatic heterocycles. The summed E-state index contributed by atoms with van der Waals surface area (Å²) >= 11 is 1.54. The zero-order chi connectivity index (χ0) is 14.7. The minimum atomic E-state index is 0.493. The van der Waals surface area contributed by atoms with Gasteiger partial charge in [-0.05, 0) is 11.6 Å². The van der Waals surface area contributed by atoms with Crippen molar-refractivity contribution in [3.05, 3.63) is 47.3 Å². The lowest BCUT2D eigenvalue weighted by molar-refractivity contribution is 0.392. The molecule has 0 amide bonds. The van der Waals surface area contributed by atoms with E-state index in [-0.39, 0.29) is 0 Å². The van der Waals surface area contributed by atoms with Crippen LogP contribution in [-0.2, 0) is 6.54 Å². The lowest BCUT2D eigenvalue weighted by Gasteiger charge is -1.99. The average molecular weight is 298 g/mol. The maximum Gasteiger partial charge on any atom is 0.233 e. The van der Waals surface area contributed by atoms with Crippen LogP contribution in [0.25, 0.3) is 22.0 Å². The van der Waals surface area contributed by atoms with Crippen LogP contribution < -0.4 is 10.5 Å². The highest BCUT2D eigenvalue weighted by Gasteiger charge is 2.08. The van der Waals surface area contributed by atoms with Crippen LogP contribution >= 0.6 is 11.3 Å². The van der Waals surface area contributed by atoms with Gasteiger partial charge >= 0.3 is 0 Å². The summed E-state index contributed by atoms with van der Waals surface area (Å²) in [6.07, 6.45) is 0. The number of benzene rings is 1. The molecule has 0 aliphatic rings. The summed E-state index contributed by atoms with van der Waals surface area (Å²) in [6.45, 7) is 0.546. The largest absolute Gasteiger partial charge is 0.480 e. The summed E-state index contributed by atoms with van der Waals surface area (Å²) in [6, 6.07) is 11.7. The van der Waals surface area contributed by atoms with Crippen LogP contribution in [0, 0.1) is 0 Å². The zero-order valence-electron chi connectivity index (χ0n) is 11.5. The molecule has 5 nitrogen and oxygen atoms in total. The zero-order valence-corrected chi connectivity index (χ0v) is 12.3. The lowest BCUT2D eigenvalue weighted by Crippen LogP contribution is -1.95. The van der Waals surface area contributed by atoms with Crippen LogP contribution in [-0.4, -0.2) is 22.3 Å². The van der Waals surface area contributed by atoms with Crippen molar-refractivity contribution in [3.63, 3.8) is 0 Å². The van der Waals surface area contributed by atoms with Crippen molar-refractivity contribution in [1.82, 2.24) is 15.2 Å². The summed E-state index contributed by atoms with van der Waals surface area (Å²) in [5.74, 6) is 0.493. The molecule has 0 fully saturated rings. The summed E-state index contributed by atoms with van der Waals surface area (Å²) in [5.41, 5.74) is 9.44. The van der Waals surface area contributed by atoms with E-state index in [9.17, 15) is 0 Å². The molecule has 1 aromatic carbocycles. The van der Waals surface area contributed by atoms with E-state index in [2.05, 4.69) is 15.2 Å². The molecule has 6 heteroatoms. The Morgan fingerprint density at radius 3 is 2.48 bits per heavy atom. The van der Waals surface area contributed by atoms with E-state index in [4.69, 9.17) is 10.5 Å².